The van der Waals surface area contributed by atoms with Gasteiger partial charge in [-0.3, -0.25) is 4.79 Å². The van der Waals surface area contributed by atoms with Crippen LogP contribution in [0.3, 0.4) is 0 Å². The molecule has 1 amide bonds. The van der Waals surface area contributed by atoms with Crippen molar-refractivity contribution in [2.24, 2.45) is 0 Å². The van der Waals surface area contributed by atoms with Crippen molar-refractivity contribution in [3.63, 3.8) is 0 Å². The van der Waals surface area contributed by atoms with Gasteiger partial charge >= 0.3 is 5.97 Å². The lowest BCUT2D eigenvalue weighted by atomic mass is 9.98. The Morgan fingerprint density at radius 1 is 1.16 bits per heavy atom. The highest BCUT2D eigenvalue weighted by Gasteiger charge is 2.36. The van der Waals surface area contributed by atoms with Gasteiger partial charge in [0.1, 0.15) is 18.2 Å². The number of pyridine rings is 1. The van der Waals surface area contributed by atoms with E-state index in [9.17, 15) is 14.7 Å². The lowest BCUT2D eigenvalue weighted by Gasteiger charge is -2.34. The van der Waals surface area contributed by atoms with Gasteiger partial charge in [0.25, 0.3) is 5.91 Å². The van der Waals surface area contributed by atoms with E-state index in [0.717, 1.165) is 25.7 Å². The summed E-state index contributed by atoms with van der Waals surface area (Å²) in [6, 6.07) is 0.586. The molecule has 9 nitrogen and oxygen atoms in total. The number of hydrogen-bond donors (Lipinski definition) is 2. The van der Waals surface area contributed by atoms with Crippen LogP contribution in [0.2, 0.25) is 0 Å². The molecular formula is C23H34N2O7. The molecular weight excluding hydrogens is 416 g/mol. The summed E-state index contributed by atoms with van der Waals surface area (Å²) in [6.45, 7) is 1.78. The molecule has 0 spiro atoms. The van der Waals surface area contributed by atoms with Crippen molar-refractivity contribution in [3.8, 4) is 11.5 Å². The van der Waals surface area contributed by atoms with Gasteiger partial charge in [0.2, 0.25) is 0 Å². The Balaban J connectivity index is 1.68. The third kappa shape index (κ3) is 5.89. The third-order valence-corrected chi connectivity index (χ3v) is 6.22. The highest BCUT2D eigenvalue weighted by Crippen LogP contribution is 2.29. The van der Waals surface area contributed by atoms with Gasteiger partial charge in [0, 0.05) is 19.4 Å². The molecule has 1 saturated carbocycles. The van der Waals surface area contributed by atoms with Crippen LogP contribution in [-0.2, 0) is 19.0 Å². The van der Waals surface area contributed by atoms with Crippen molar-refractivity contribution >= 4 is 11.9 Å². The Bertz CT molecular complexity index is 782. The Morgan fingerprint density at radius 2 is 1.84 bits per heavy atom. The van der Waals surface area contributed by atoms with E-state index in [-0.39, 0.29) is 29.4 Å². The van der Waals surface area contributed by atoms with Gasteiger partial charge in [-0.05, 0) is 32.6 Å². The summed E-state index contributed by atoms with van der Waals surface area (Å²) < 4.78 is 22.7. The van der Waals surface area contributed by atoms with Gasteiger partial charge in [0.05, 0.1) is 19.3 Å². The third-order valence-electron chi connectivity index (χ3n) is 6.22. The first-order valence-electron chi connectivity index (χ1n) is 11.4. The van der Waals surface area contributed by atoms with Crippen LogP contribution in [-0.4, -0.2) is 66.6 Å². The average molecular weight is 451 g/mol. The van der Waals surface area contributed by atoms with E-state index >= 15 is 0 Å². The van der Waals surface area contributed by atoms with Crippen LogP contribution in [0.15, 0.2) is 12.3 Å². The van der Waals surface area contributed by atoms with E-state index in [2.05, 4.69) is 10.3 Å². The lowest BCUT2D eigenvalue weighted by Crippen LogP contribution is -2.48. The number of esters is 1. The molecule has 0 bridgehead atoms. The van der Waals surface area contributed by atoms with E-state index in [0.29, 0.717) is 12.8 Å². The molecule has 9 heteroatoms. The van der Waals surface area contributed by atoms with Gasteiger partial charge in [0.15, 0.2) is 17.2 Å². The van der Waals surface area contributed by atoms with Gasteiger partial charge in [-0.1, -0.05) is 25.7 Å². The molecule has 2 aliphatic rings. The number of nitrogens with zero attached hydrogens (tertiary/aromatic N) is 1. The van der Waals surface area contributed by atoms with E-state index in [1.54, 1.807) is 14.0 Å². The van der Waals surface area contributed by atoms with Crippen LogP contribution in [0.25, 0.3) is 0 Å². The molecule has 32 heavy (non-hydrogen) atoms. The van der Waals surface area contributed by atoms with Crippen LogP contribution in [0.4, 0.5) is 0 Å². The fourth-order valence-corrected chi connectivity index (χ4v) is 4.50. The quantitative estimate of drug-likeness (QED) is 0.636. The van der Waals surface area contributed by atoms with Crippen molar-refractivity contribution in [1.29, 1.82) is 0 Å². The molecule has 1 aliphatic heterocycles. The average Bonchev–Trinajstić information content (AvgIpc) is 3.28. The van der Waals surface area contributed by atoms with E-state index < -0.39 is 30.1 Å². The number of methoxy groups -OCH3 is 2. The second kappa shape index (κ2) is 11.5. The molecule has 0 aromatic carbocycles. The minimum atomic E-state index is -0.859. The van der Waals surface area contributed by atoms with Crippen LogP contribution in [0.5, 0.6) is 11.5 Å². The first-order chi connectivity index (χ1) is 15.4. The van der Waals surface area contributed by atoms with Crippen LogP contribution < -0.4 is 10.1 Å². The van der Waals surface area contributed by atoms with E-state index in [1.807, 2.05) is 0 Å². The zero-order chi connectivity index (χ0) is 23.1. The number of nitrogens with one attached hydrogen (secondary N) is 1. The van der Waals surface area contributed by atoms with Gasteiger partial charge in [-0.15, -0.1) is 0 Å². The predicted molar refractivity (Wildman–Crippen MR) is 116 cm³/mol. The number of amides is 1. The smallest absolute Gasteiger partial charge is 0.329 e. The molecule has 0 radical (unpaired) electrons. The summed E-state index contributed by atoms with van der Waals surface area (Å²) in [6.07, 6.45) is 7.71. The summed E-state index contributed by atoms with van der Waals surface area (Å²) in [4.78, 5) is 29.5. The second-order valence-electron chi connectivity index (χ2n) is 8.44. The first kappa shape index (κ1) is 24.3. The molecule has 1 saturated heterocycles. The molecule has 3 rings (SSSR count). The SMILES string of the molecule is COc1ccnc(C(=O)N[C@H]2CCCC[C@H](OC3CCCC3)[C@@H](OC)[C@H](C)OC2=O)c1O. The molecule has 2 fully saturated rings. The highest BCUT2D eigenvalue weighted by molar-refractivity contribution is 5.97. The second-order valence-corrected chi connectivity index (χ2v) is 8.44. The fraction of sp³-hybridized carbons (Fsp3) is 0.696. The van der Waals surface area contributed by atoms with E-state index in [1.165, 1.54) is 32.2 Å². The van der Waals surface area contributed by atoms with Crippen molar-refractivity contribution in [2.75, 3.05) is 14.2 Å². The van der Waals surface area contributed by atoms with Gasteiger partial charge in [-0.25, -0.2) is 9.78 Å². The largest absolute Gasteiger partial charge is 0.503 e. The van der Waals surface area contributed by atoms with Crippen LogP contribution in [0, 0.1) is 0 Å². The van der Waals surface area contributed by atoms with E-state index in [4.69, 9.17) is 18.9 Å². The normalized spacial score (nSPS) is 27.5. The zero-order valence-electron chi connectivity index (χ0n) is 19.0. The van der Waals surface area contributed by atoms with Crippen LogP contribution in [0.1, 0.15) is 68.8 Å². The van der Waals surface area contributed by atoms with Crippen molar-refractivity contribution < 1.29 is 33.6 Å². The number of carbonyl (C=O) groups is 2. The Hall–Kier alpha value is -2.39. The summed E-state index contributed by atoms with van der Waals surface area (Å²) in [5, 5.41) is 12.9. The maximum atomic E-state index is 12.9. The number of carbonyl (C=O) groups excluding carboxylic acids is 2. The number of aromatic nitrogens is 1. The molecule has 178 valence electrons. The zero-order valence-corrected chi connectivity index (χ0v) is 19.0. The minimum absolute atomic E-state index is 0.128. The lowest BCUT2D eigenvalue weighted by molar-refractivity contribution is -0.171. The van der Waals surface area contributed by atoms with Crippen molar-refractivity contribution in [1.82, 2.24) is 10.3 Å². The molecule has 1 aromatic rings. The molecule has 2 N–H and O–H groups in total. The van der Waals surface area contributed by atoms with Crippen molar-refractivity contribution in [2.45, 2.75) is 88.7 Å². The van der Waals surface area contributed by atoms with Gasteiger partial charge < -0.3 is 29.4 Å². The molecule has 2 heterocycles. The Labute approximate surface area is 188 Å². The summed E-state index contributed by atoms with van der Waals surface area (Å²) in [5.74, 6) is -1.46. The number of rotatable bonds is 6. The maximum Gasteiger partial charge on any atom is 0.329 e. The van der Waals surface area contributed by atoms with Gasteiger partial charge in [-0.2, -0.15) is 0 Å². The number of hydrogen-bond acceptors (Lipinski definition) is 8. The number of ether oxygens (including phenoxy) is 4. The summed E-state index contributed by atoms with van der Waals surface area (Å²) >= 11 is 0. The Kier molecular flexibility index (Phi) is 8.69. The van der Waals surface area contributed by atoms with Crippen molar-refractivity contribution in [3.05, 3.63) is 18.0 Å². The monoisotopic (exact) mass is 450 g/mol. The standard InChI is InChI=1S/C23H34N2O7/c1-14-21(30-3)18(32-15-8-4-5-9-15)11-7-6-10-16(23(28)31-14)25-22(27)19-20(26)17(29-2)12-13-24-19/h12-16,18,21,26H,4-11H2,1-3H3,(H,25,27)/t14-,16-,18-,21-/m0/s1. The maximum absolute atomic E-state index is 12.9. The minimum Gasteiger partial charge on any atom is -0.503 e. The summed E-state index contributed by atoms with van der Waals surface area (Å²) in [7, 11) is 2.98. The molecule has 0 unspecified atom stereocenters. The Morgan fingerprint density at radius 3 is 2.53 bits per heavy atom. The molecule has 4 atom stereocenters. The number of aromatic hydroxyl groups is 1. The fourth-order valence-electron chi connectivity index (χ4n) is 4.50. The highest BCUT2D eigenvalue weighted by atomic mass is 16.6. The number of cyclic esters (lactones) is 1. The summed E-state index contributed by atoms with van der Waals surface area (Å²) in [5.41, 5.74) is -0.206. The first-order valence-corrected chi connectivity index (χ1v) is 11.4. The topological polar surface area (TPSA) is 116 Å². The molecule has 1 aromatic heterocycles. The van der Waals surface area contributed by atoms with Crippen LogP contribution >= 0.6 is 0 Å². The predicted octanol–water partition coefficient (Wildman–Crippen LogP) is 2.74. The molecule has 1 aliphatic carbocycles.